The van der Waals surface area contributed by atoms with Crippen LogP contribution >= 0.6 is 11.3 Å². The molecule has 0 fully saturated rings. The van der Waals surface area contributed by atoms with Gasteiger partial charge < -0.3 is 5.32 Å². The van der Waals surface area contributed by atoms with Crippen molar-refractivity contribution < 1.29 is 9.18 Å². The van der Waals surface area contributed by atoms with Gasteiger partial charge in [0.05, 0.1) is 10.7 Å². The second-order valence-corrected chi connectivity index (χ2v) is 7.04. The minimum Gasteiger partial charge on any atom is -0.356 e. The van der Waals surface area contributed by atoms with E-state index in [-0.39, 0.29) is 11.7 Å². The molecule has 0 atom stereocenters. The first-order valence-corrected chi connectivity index (χ1v) is 9.01. The molecule has 0 saturated carbocycles. The highest BCUT2D eigenvalue weighted by atomic mass is 32.1. The first-order valence-electron chi connectivity index (χ1n) is 8.20. The molecule has 1 heterocycles. The summed E-state index contributed by atoms with van der Waals surface area (Å²) in [4.78, 5) is 18.0. The smallest absolute Gasteiger partial charge is 0.220 e. The number of aromatic nitrogens is 1. The topological polar surface area (TPSA) is 42.0 Å². The quantitative estimate of drug-likeness (QED) is 0.880. The van der Waals surface area contributed by atoms with E-state index in [1.54, 1.807) is 23.5 Å². The van der Waals surface area contributed by atoms with Crippen LogP contribution in [-0.2, 0) is 30.5 Å². The molecule has 0 bridgehead atoms. The third-order valence-corrected chi connectivity index (χ3v) is 5.35. The fourth-order valence-corrected chi connectivity index (χ4v) is 4.02. The van der Waals surface area contributed by atoms with Gasteiger partial charge in [0.1, 0.15) is 5.82 Å². The lowest BCUT2D eigenvalue weighted by molar-refractivity contribution is -0.121. The summed E-state index contributed by atoms with van der Waals surface area (Å²) in [6, 6.07) is 6.68. The molecule has 0 spiro atoms. The summed E-state index contributed by atoms with van der Waals surface area (Å²) in [6.45, 7) is 0.466. The Morgan fingerprint density at radius 1 is 1.22 bits per heavy atom. The Balaban J connectivity index is 1.41. The van der Waals surface area contributed by atoms with E-state index in [1.807, 2.05) is 6.07 Å². The summed E-state index contributed by atoms with van der Waals surface area (Å²) >= 11 is 1.76. The highest BCUT2D eigenvalue weighted by molar-refractivity contribution is 7.11. The second kappa shape index (κ2) is 7.68. The van der Waals surface area contributed by atoms with Gasteiger partial charge in [-0.1, -0.05) is 18.2 Å². The number of hydrogen-bond donors (Lipinski definition) is 1. The summed E-state index contributed by atoms with van der Waals surface area (Å²) in [7, 11) is 0. The van der Waals surface area contributed by atoms with Crippen LogP contribution in [0.1, 0.15) is 40.4 Å². The maximum atomic E-state index is 13.5. The van der Waals surface area contributed by atoms with Crippen molar-refractivity contribution in [2.75, 3.05) is 6.54 Å². The van der Waals surface area contributed by atoms with Gasteiger partial charge in [0.2, 0.25) is 5.91 Å². The lowest BCUT2D eigenvalue weighted by atomic mass is 10.0. The lowest BCUT2D eigenvalue weighted by Crippen LogP contribution is -2.26. The van der Waals surface area contributed by atoms with Crippen LogP contribution in [0.5, 0.6) is 0 Å². The number of amides is 1. The number of halogens is 1. The molecule has 0 aliphatic heterocycles. The number of benzene rings is 1. The van der Waals surface area contributed by atoms with Crippen LogP contribution in [0.15, 0.2) is 24.3 Å². The maximum absolute atomic E-state index is 13.5. The highest BCUT2D eigenvalue weighted by Gasteiger charge is 2.15. The van der Waals surface area contributed by atoms with Crippen LogP contribution in [0.4, 0.5) is 4.39 Å². The summed E-state index contributed by atoms with van der Waals surface area (Å²) < 4.78 is 13.5. The molecule has 122 valence electrons. The molecule has 1 amide bonds. The van der Waals surface area contributed by atoms with Gasteiger partial charge in [0, 0.05) is 24.3 Å². The Bertz CT molecular complexity index is 660. The molecule has 3 nitrogen and oxygen atoms in total. The Labute approximate surface area is 140 Å². The molecule has 1 aromatic heterocycles. The fraction of sp³-hybridized carbons (Fsp3) is 0.444. The number of nitrogens with one attached hydrogen (secondary N) is 1. The van der Waals surface area contributed by atoms with Gasteiger partial charge >= 0.3 is 0 Å². The normalized spacial score (nSPS) is 13.6. The SMILES string of the molecule is O=C(CCc1nc2c(s1)CCCC2)NCCc1ccccc1F. The van der Waals surface area contributed by atoms with Crippen molar-refractivity contribution in [2.45, 2.75) is 44.9 Å². The van der Waals surface area contributed by atoms with Gasteiger partial charge in [-0.2, -0.15) is 0 Å². The van der Waals surface area contributed by atoms with Crippen molar-refractivity contribution >= 4 is 17.2 Å². The van der Waals surface area contributed by atoms with E-state index in [0.29, 0.717) is 31.4 Å². The Hall–Kier alpha value is -1.75. The van der Waals surface area contributed by atoms with Crippen molar-refractivity contribution in [3.63, 3.8) is 0 Å². The molecule has 0 radical (unpaired) electrons. The van der Waals surface area contributed by atoms with Gasteiger partial charge in [-0.25, -0.2) is 9.37 Å². The molecule has 1 aliphatic rings. The Kier molecular flexibility index (Phi) is 5.39. The molecular weight excluding hydrogens is 311 g/mol. The van der Waals surface area contributed by atoms with Crippen molar-refractivity contribution in [1.82, 2.24) is 10.3 Å². The predicted molar refractivity (Wildman–Crippen MR) is 90.2 cm³/mol. The van der Waals surface area contributed by atoms with E-state index < -0.39 is 0 Å². The molecule has 2 aromatic rings. The third kappa shape index (κ3) is 4.38. The summed E-state index contributed by atoms with van der Waals surface area (Å²) in [5, 5.41) is 3.93. The van der Waals surface area contributed by atoms with Gasteiger partial charge in [-0.3, -0.25) is 4.79 Å². The maximum Gasteiger partial charge on any atom is 0.220 e. The molecule has 3 rings (SSSR count). The Morgan fingerprint density at radius 3 is 2.87 bits per heavy atom. The molecular formula is C18H21FN2OS. The number of fused-ring (bicyclic) bond motifs is 1. The van der Waals surface area contributed by atoms with Crippen LogP contribution in [0.25, 0.3) is 0 Å². The minimum absolute atomic E-state index is 0.00881. The third-order valence-electron chi connectivity index (χ3n) is 4.13. The van der Waals surface area contributed by atoms with Crippen LogP contribution < -0.4 is 5.32 Å². The molecule has 0 saturated heterocycles. The molecule has 0 unspecified atom stereocenters. The predicted octanol–water partition coefficient (Wildman–Crippen LogP) is 3.45. The van der Waals surface area contributed by atoms with E-state index in [1.165, 1.54) is 29.5 Å². The number of nitrogens with zero attached hydrogens (tertiary/aromatic N) is 1. The van der Waals surface area contributed by atoms with E-state index >= 15 is 0 Å². The van der Waals surface area contributed by atoms with Crippen LogP contribution in [0.3, 0.4) is 0 Å². The van der Waals surface area contributed by atoms with E-state index in [9.17, 15) is 9.18 Å². The van der Waals surface area contributed by atoms with Crippen LogP contribution in [0.2, 0.25) is 0 Å². The summed E-state index contributed by atoms with van der Waals surface area (Å²) in [5.41, 5.74) is 1.89. The molecule has 1 aliphatic carbocycles. The summed E-state index contributed by atoms with van der Waals surface area (Å²) in [5.74, 6) is -0.204. The number of aryl methyl sites for hydroxylation is 3. The number of carbonyl (C=O) groups excluding carboxylic acids is 1. The number of thiazole rings is 1. The summed E-state index contributed by atoms with van der Waals surface area (Å²) in [6.07, 6.45) is 6.37. The first-order chi connectivity index (χ1) is 11.2. The van der Waals surface area contributed by atoms with Gasteiger partial charge in [0.15, 0.2) is 0 Å². The standard InChI is InChI=1S/C18H21FN2OS/c19-14-6-2-1-5-13(14)11-12-20-17(22)9-10-18-21-15-7-3-4-8-16(15)23-18/h1-2,5-6H,3-4,7-12H2,(H,20,22). The average molecular weight is 332 g/mol. The molecule has 1 N–H and O–H groups in total. The van der Waals surface area contributed by atoms with Gasteiger partial charge in [-0.15, -0.1) is 11.3 Å². The largest absolute Gasteiger partial charge is 0.356 e. The Morgan fingerprint density at radius 2 is 2.04 bits per heavy atom. The zero-order valence-electron chi connectivity index (χ0n) is 13.1. The van der Waals surface area contributed by atoms with Crippen molar-refractivity contribution in [1.29, 1.82) is 0 Å². The van der Waals surface area contributed by atoms with E-state index in [4.69, 9.17) is 0 Å². The van der Waals surface area contributed by atoms with Crippen LogP contribution in [0, 0.1) is 5.82 Å². The lowest BCUT2D eigenvalue weighted by Gasteiger charge is -2.06. The number of hydrogen-bond acceptors (Lipinski definition) is 3. The van der Waals surface area contributed by atoms with Crippen LogP contribution in [-0.4, -0.2) is 17.4 Å². The van der Waals surface area contributed by atoms with Gasteiger partial charge in [-0.05, 0) is 43.7 Å². The zero-order chi connectivity index (χ0) is 16.1. The van der Waals surface area contributed by atoms with E-state index in [2.05, 4.69) is 10.3 Å². The van der Waals surface area contributed by atoms with Crippen molar-refractivity contribution in [3.05, 3.63) is 51.2 Å². The fourth-order valence-electron chi connectivity index (χ4n) is 2.86. The number of rotatable bonds is 6. The van der Waals surface area contributed by atoms with Crippen molar-refractivity contribution in [3.8, 4) is 0 Å². The molecule has 5 heteroatoms. The van der Waals surface area contributed by atoms with Crippen molar-refractivity contribution in [2.24, 2.45) is 0 Å². The van der Waals surface area contributed by atoms with Gasteiger partial charge in [0.25, 0.3) is 0 Å². The average Bonchev–Trinajstić information content (AvgIpc) is 2.98. The molecule has 1 aromatic carbocycles. The van der Waals surface area contributed by atoms with E-state index in [0.717, 1.165) is 17.8 Å². The minimum atomic E-state index is -0.213. The first kappa shape index (κ1) is 16.1. The monoisotopic (exact) mass is 332 g/mol. The second-order valence-electron chi connectivity index (χ2n) is 5.88. The highest BCUT2D eigenvalue weighted by Crippen LogP contribution is 2.27. The molecule has 23 heavy (non-hydrogen) atoms. The zero-order valence-corrected chi connectivity index (χ0v) is 13.9. The number of carbonyl (C=O) groups is 1.